The van der Waals surface area contributed by atoms with Gasteiger partial charge in [0.25, 0.3) is 0 Å². The first kappa shape index (κ1) is 18.7. The highest BCUT2D eigenvalue weighted by molar-refractivity contribution is 5.95. The molecule has 0 spiro atoms. The molecule has 0 amide bonds. The molecule has 0 saturated heterocycles. The molecule has 0 aliphatic carbocycles. The number of Topliss-reactive ketones (excluding diaryl/α,β-unsaturated/α-hetero) is 1. The third-order valence-corrected chi connectivity index (χ3v) is 4.28. The van der Waals surface area contributed by atoms with Crippen molar-refractivity contribution in [2.45, 2.75) is 12.6 Å². The molecule has 5 nitrogen and oxygen atoms in total. The second-order valence-electron chi connectivity index (χ2n) is 6.26. The predicted molar refractivity (Wildman–Crippen MR) is 95.7 cm³/mol. The number of nitrogens with zero attached hydrogens (tertiary/aromatic N) is 4. The number of carbonyl (C=O) groups excluding carboxylic acids is 1. The zero-order valence-corrected chi connectivity index (χ0v) is 14.7. The SMILES string of the molecule is O=C(Cc1ccnc(C(F)(F)F)c1)c1ccc2ncc(-c3ccccc3F)n2n1. The third kappa shape index (κ3) is 3.71. The summed E-state index contributed by atoms with van der Waals surface area (Å²) in [6.45, 7) is 0. The molecule has 4 rings (SSSR count). The lowest BCUT2D eigenvalue weighted by molar-refractivity contribution is -0.141. The fourth-order valence-corrected chi connectivity index (χ4v) is 2.89. The van der Waals surface area contributed by atoms with Gasteiger partial charge in [0.15, 0.2) is 11.4 Å². The van der Waals surface area contributed by atoms with Gasteiger partial charge in [-0.1, -0.05) is 12.1 Å². The Morgan fingerprint density at radius 3 is 2.59 bits per heavy atom. The number of carbonyl (C=O) groups is 1. The van der Waals surface area contributed by atoms with Gasteiger partial charge in [0.2, 0.25) is 0 Å². The van der Waals surface area contributed by atoms with E-state index in [4.69, 9.17) is 0 Å². The van der Waals surface area contributed by atoms with Gasteiger partial charge in [-0.05, 0) is 42.0 Å². The topological polar surface area (TPSA) is 60.2 Å². The van der Waals surface area contributed by atoms with Gasteiger partial charge in [0.1, 0.15) is 17.2 Å². The summed E-state index contributed by atoms with van der Waals surface area (Å²) >= 11 is 0. The number of ketones is 1. The Morgan fingerprint density at radius 2 is 1.83 bits per heavy atom. The highest BCUT2D eigenvalue weighted by Gasteiger charge is 2.32. The Bertz CT molecular complexity index is 1220. The monoisotopic (exact) mass is 400 g/mol. The second-order valence-corrected chi connectivity index (χ2v) is 6.26. The number of alkyl halides is 3. The van der Waals surface area contributed by atoms with E-state index in [0.717, 1.165) is 12.3 Å². The predicted octanol–water partition coefficient (Wildman–Crippen LogP) is 4.37. The minimum absolute atomic E-state index is 0.0264. The van der Waals surface area contributed by atoms with Gasteiger partial charge in [-0.3, -0.25) is 9.78 Å². The number of imidazole rings is 1. The van der Waals surface area contributed by atoms with Crippen molar-refractivity contribution in [1.29, 1.82) is 0 Å². The smallest absolute Gasteiger partial charge is 0.292 e. The molecule has 4 aromatic rings. The summed E-state index contributed by atoms with van der Waals surface area (Å²) in [5, 5.41) is 4.22. The van der Waals surface area contributed by atoms with E-state index in [9.17, 15) is 22.4 Å². The molecule has 0 aliphatic heterocycles. The van der Waals surface area contributed by atoms with E-state index in [-0.39, 0.29) is 23.2 Å². The van der Waals surface area contributed by atoms with Gasteiger partial charge in [-0.2, -0.15) is 18.3 Å². The maximum Gasteiger partial charge on any atom is 0.433 e. The van der Waals surface area contributed by atoms with Crippen LogP contribution < -0.4 is 0 Å². The molecule has 0 atom stereocenters. The van der Waals surface area contributed by atoms with E-state index in [1.54, 1.807) is 18.2 Å². The van der Waals surface area contributed by atoms with Crippen molar-refractivity contribution in [1.82, 2.24) is 19.6 Å². The lowest BCUT2D eigenvalue weighted by Gasteiger charge is -2.08. The van der Waals surface area contributed by atoms with Gasteiger partial charge in [-0.15, -0.1) is 0 Å². The molecule has 0 bridgehead atoms. The quantitative estimate of drug-likeness (QED) is 0.377. The van der Waals surface area contributed by atoms with Crippen molar-refractivity contribution < 1.29 is 22.4 Å². The Labute approximate surface area is 161 Å². The normalized spacial score (nSPS) is 11.7. The zero-order chi connectivity index (χ0) is 20.6. The Balaban J connectivity index is 1.67. The minimum atomic E-state index is -4.60. The molecular formula is C20H12F4N4O. The van der Waals surface area contributed by atoms with Crippen molar-refractivity contribution >= 4 is 11.4 Å². The lowest BCUT2D eigenvalue weighted by Crippen LogP contribution is -2.12. The first-order valence-electron chi connectivity index (χ1n) is 8.48. The minimum Gasteiger partial charge on any atom is -0.292 e. The maximum absolute atomic E-state index is 14.1. The summed E-state index contributed by atoms with van der Waals surface area (Å²) in [6, 6.07) is 11.2. The summed E-state index contributed by atoms with van der Waals surface area (Å²) in [7, 11) is 0. The van der Waals surface area contributed by atoms with E-state index < -0.39 is 23.5 Å². The van der Waals surface area contributed by atoms with E-state index in [1.165, 1.54) is 35.0 Å². The van der Waals surface area contributed by atoms with Crippen LogP contribution in [0, 0.1) is 5.82 Å². The number of aromatic nitrogens is 4. The summed E-state index contributed by atoms with van der Waals surface area (Å²) in [5.74, 6) is -0.955. The molecule has 29 heavy (non-hydrogen) atoms. The average Bonchev–Trinajstić information content (AvgIpc) is 3.11. The van der Waals surface area contributed by atoms with Gasteiger partial charge >= 0.3 is 6.18 Å². The van der Waals surface area contributed by atoms with E-state index in [1.807, 2.05) is 0 Å². The molecule has 0 N–H and O–H groups in total. The molecule has 3 heterocycles. The van der Waals surface area contributed by atoms with Gasteiger partial charge in [0.05, 0.1) is 11.9 Å². The van der Waals surface area contributed by atoms with Crippen LogP contribution in [0.15, 0.2) is 60.9 Å². The lowest BCUT2D eigenvalue weighted by atomic mass is 10.1. The van der Waals surface area contributed by atoms with Gasteiger partial charge in [0, 0.05) is 18.2 Å². The van der Waals surface area contributed by atoms with Crippen LogP contribution in [0.2, 0.25) is 0 Å². The van der Waals surface area contributed by atoms with Crippen LogP contribution in [0.5, 0.6) is 0 Å². The number of pyridine rings is 1. The standard InChI is InChI=1S/C20H12F4N4O/c21-14-4-2-1-3-13(14)16-11-26-19-6-5-15(27-28(16)19)17(29)9-12-7-8-25-18(10-12)20(22,23)24/h1-8,10-11H,9H2. The molecule has 0 fully saturated rings. The number of fused-ring (bicyclic) bond motifs is 1. The van der Waals surface area contributed by atoms with Crippen molar-refractivity contribution in [3.8, 4) is 11.3 Å². The number of halogens is 4. The Morgan fingerprint density at radius 1 is 1.03 bits per heavy atom. The molecule has 0 unspecified atom stereocenters. The first-order chi connectivity index (χ1) is 13.8. The van der Waals surface area contributed by atoms with Crippen LogP contribution in [-0.2, 0) is 12.6 Å². The second kappa shape index (κ2) is 7.08. The largest absolute Gasteiger partial charge is 0.433 e. The van der Waals surface area contributed by atoms with Crippen LogP contribution in [0.3, 0.4) is 0 Å². The van der Waals surface area contributed by atoms with Crippen molar-refractivity contribution in [3.05, 3.63) is 83.7 Å². The Kier molecular flexibility index (Phi) is 4.57. The van der Waals surface area contributed by atoms with Gasteiger partial charge in [-0.25, -0.2) is 13.9 Å². The third-order valence-electron chi connectivity index (χ3n) is 4.28. The number of benzene rings is 1. The molecule has 0 saturated carbocycles. The molecule has 3 aromatic heterocycles. The van der Waals surface area contributed by atoms with Crippen molar-refractivity contribution in [2.24, 2.45) is 0 Å². The average molecular weight is 400 g/mol. The van der Waals surface area contributed by atoms with Crippen LogP contribution in [0.25, 0.3) is 16.9 Å². The Hall–Kier alpha value is -3.62. The van der Waals surface area contributed by atoms with Crippen LogP contribution >= 0.6 is 0 Å². The number of rotatable bonds is 4. The highest BCUT2D eigenvalue weighted by Crippen LogP contribution is 2.28. The summed E-state index contributed by atoms with van der Waals surface area (Å²) in [5.41, 5.74) is 0.153. The van der Waals surface area contributed by atoms with Crippen LogP contribution in [0.1, 0.15) is 21.7 Å². The van der Waals surface area contributed by atoms with Crippen molar-refractivity contribution in [2.75, 3.05) is 0 Å². The van der Waals surface area contributed by atoms with E-state index >= 15 is 0 Å². The molecule has 9 heteroatoms. The molecule has 0 radical (unpaired) electrons. The first-order valence-corrected chi connectivity index (χ1v) is 8.48. The number of hydrogen-bond acceptors (Lipinski definition) is 4. The highest BCUT2D eigenvalue weighted by atomic mass is 19.4. The van der Waals surface area contributed by atoms with Crippen LogP contribution in [-0.4, -0.2) is 25.4 Å². The van der Waals surface area contributed by atoms with E-state index in [2.05, 4.69) is 15.1 Å². The summed E-state index contributed by atoms with van der Waals surface area (Å²) in [4.78, 5) is 20.0. The fraction of sp³-hybridized carbons (Fsp3) is 0.100. The summed E-state index contributed by atoms with van der Waals surface area (Å²) in [6.07, 6.45) is -2.43. The van der Waals surface area contributed by atoms with E-state index in [0.29, 0.717) is 11.3 Å². The number of hydrogen-bond donors (Lipinski definition) is 0. The molecule has 1 aromatic carbocycles. The molecule has 146 valence electrons. The molecular weight excluding hydrogens is 388 g/mol. The van der Waals surface area contributed by atoms with Crippen molar-refractivity contribution in [3.63, 3.8) is 0 Å². The maximum atomic E-state index is 14.1. The van der Waals surface area contributed by atoms with Gasteiger partial charge < -0.3 is 0 Å². The zero-order valence-electron chi connectivity index (χ0n) is 14.7. The molecule has 0 aliphatic rings. The summed E-state index contributed by atoms with van der Waals surface area (Å²) < 4.78 is 53.9. The fourth-order valence-electron chi connectivity index (χ4n) is 2.89. The van der Waals surface area contributed by atoms with Crippen LogP contribution in [0.4, 0.5) is 17.6 Å².